The van der Waals surface area contributed by atoms with Gasteiger partial charge in [0.2, 0.25) is 0 Å². The molecule has 2 heterocycles. The molecule has 1 saturated heterocycles. The Labute approximate surface area is 167 Å². The Morgan fingerprint density at radius 3 is 2.67 bits per heavy atom. The maximum absolute atomic E-state index is 5.39. The molecule has 0 saturated carbocycles. The molecule has 1 aliphatic rings. The fourth-order valence-corrected chi connectivity index (χ4v) is 3.98. The van der Waals surface area contributed by atoms with Crippen molar-refractivity contribution in [3.05, 3.63) is 53.2 Å². The summed E-state index contributed by atoms with van der Waals surface area (Å²) in [6, 6.07) is 11.0. The molecule has 146 valence electrons. The van der Waals surface area contributed by atoms with E-state index in [1.54, 1.807) is 14.2 Å². The van der Waals surface area contributed by atoms with Crippen LogP contribution in [0.15, 0.2) is 36.5 Å². The average Bonchev–Trinajstić information content (AvgIpc) is 2.69. The van der Waals surface area contributed by atoms with Crippen LogP contribution in [0.25, 0.3) is 0 Å². The molecular weight excluding hydrogens is 358 g/mol. The molecule has 0 amide bonds. The highest BCUT2D eigenvalue weighted by Crippen LogP contribution is 2.33. The maximum Gasteiger partial charge on any atom is 0.256 e. The van der Waals surface area contributed by atoms with Crippen LogP contribution in [-0.2, 0) is 6.54 Å². The molecule has 1 unspecified atom stereocenters. The van der Waals surface area contributed by atoms with Gasteiger partial charge in [-0.15, -0.1) is 0 Å². The molecular formula is C21H29N3O2S. The third kappa shape index (κ3) is 4.57. The molecule has 0 N–H and O–H groups in total. The standard InChI is InChI=1S/C21H29N3O2S/c1-15(2)17-7-5-6-8-18(17)19-14-23(9-10-24(19)27)13-16-11-20(25-3)21(26-4)22-12-16/h5-8,11-12,15,19,27H,9-10,13-14H2,1-4H3. The highest BCUT2D eigenvalue weighted by atomic mass is 32.1. The van der Waals surface area contributed by atoms with E-state index in [1.807, 2.05) is 12.3 Å². The number of nitrogens with zero attached hydrogens (tertiary/aromatic N) is 3. The van der Waals surface area contributed by atoms with E-state index in [2.05, 4.69) is 52.3 Å². The molecule has 27 heavy (non-hydrogen) atoms. The molecule has 2 aromatic rings. The quantitative estimate of drug-likeness (QED) is 0.761. The molecule has 1 atom stereocenters. The van der Waals surface area contributed by atoms with Crippen LogP contribution in [-0.4, -0.2) is 48.0 Å². The van der Waals surface area contributed by atoms with Gasteiger partial charge in [-0.05, 0) is 28.7 Å². The van der Waals surface area contributed by atoms with Gasteiger partial charge in [0.1, 0.15) is 0 Å². The molecule has 0 spiro atoms. The number of hydrogen-bond acceptors (Lipinski definition) is 6. The molecule has 5 nitrogen and oxygen atoms in total. The van der Waals surface area contributed by atoms with E-state index in [9.17, 15) is 0 Å². The minimum atomic E-state index is 0.272. The highest BCUT2D eigenvalue weighted by molar-refractivity contribution is 7.77. The monoisotopic (exact) mass is 387 g/mol. The van der Waals surface area contributed by atoms with Crippen molar-refractivity contribution in [3.63, 3.8) is 0 Å². The van der Waals surface area contributed by atoms with Crippen molar-refractivity contribution >= 4 is 12.8 Å². The van der Waals surface area contributed by atoms with Gasteiger partial charge in [-0.25, -0.2) is 9.29 Å². The van der Waals surface area contributed by atoms with Gasteiger partial charge in [-0.3, -0.25) is 4.90 Å². The summed E-state index contributed by atoms with van der Waals surface area (Å²) in [7, 11) is 3.25. The Balaban J connectivity index is 1.78. The lowest BCUT2D eigenvalue weighted by atomic mass is 9.91. The normalized spacial score (nSPS) is 18.7. The summed E-state index contributed by atoms with van der Waals surface area (Å²) in [5.41, 5.74) is 3.89. The predicted octanol–water partition coefficient (Wildman–Crippen LogP) is 3.93. The molecule has 3 rings (SSSR count). The maximum atomic E-state index is 5.39. The summed E-state index contributed by atoms with van der Waals surface area (Å²) in [6.07, 6.45) is 1.87. The van der Waals surface area contributed by atoms with Gasteiger partial charge in [0.15, 0.2) is 5.75 Å². The summed E-state index contributed by atoms with van der Waals surface area (Å²) in [4.78, 5) is 6.82. The zero-order valence-corrected chi connectivity index (χ0v) is 17.4. The fourth-order valence-electron chi connectivity index (χ4n) is 3.69. The van der Waals surface area contributed by atoms with Gasteiger partial charge in [0.05, 0.1) is 20.3 Å². The molecule has 0 radical (unpaired) electrons. The van der Waals surface area contributed by atoms with Crippen molar-refractivity contribution in [1.82, 2.24) is 14.2 Å². The summed E-state index contributed by atoms with van der Waals surface area (Å²) in [5, 5.41) is 0. The third-order valence-corrected chi connectivity index (χ3v) is 5.59. The summed E-state index contributed by atoms with van der Waals surface area (Å²) >= 11 is 4.77. The Morgan fingerprint density at radius 2 is 1.96 bits per heavy atom. The summed E-state index contributed by atoms with van der Waals surface area (Å²) in [5.74, 6) is 1.68. The average molecular weight is 388 g/mol. The van der Waals surface area contributed by atoms with Gasteiger partial charge in [-0.2, -0.15) is 0 Å². The molecule has 1 aromatic carbocycles. The van der Waals surface area contributed by atoms with E-state index in [-0.39, 0.29) is 6.04 Å². The Bertz CT molecular complexity index is 769. The second-order valence-corrected chi connectivity index (χ2v) is 7.77. The lowest BCUT2D eigenvalue weighted by Crippen LogP contribution is -2.44. The van der Waals surface area contributed by atoms with Crippen LogP contribution in [0.5, 0.6) is 11.6 Å². The van der Waals surface area contributed by atoms with Crippen molar-refractivity contribution in [2.75, 3.05) is 33.9 Å². The van der Waals surface area contributed by atoms with Crippen LogP contribution in [0.4, 0.5) is 0 Å². The van der Waals surface area contributed by atoms with E-state index in [0.717, 1.165) is 31.7 Å². The highest BCUT2D eigenvalue weighted by Gasteiger charge is 2.28. The number of hydrogen-bond donors (Lipinski definition) is 1. The minimum Gasteiger partial charge on any atom is -0.491 e. The smallest absolute Gasteiger partial charge is 0.256 e. The first-order valence-corrected chi connectivity index (χ1v) is 9.77. The van der Waals surface area contributed by atoms with Crippen molar-refractivity contribution in [2.45, 2.75) is 32.4 Å². The van der Waals surface area contributed by atoms with Gasteiger partial charge in [0, 0.05) is 32.4 Å². The number of ether oxygens (including phenoxy) is 2. The fraction of sp³-hybridized carbons (Fsp3) is 0.476. The molecule has 0 bridgehead atoms. The lowest BCUT2D eigenvalue weighted by molar-refractivity contribution is 0.138. The van der Waals surface area contributed by atoms with E-state index < -0.39 is 0 Å². The molecule has 1 aromatic heterocycles. The number of pyridine rings is 1. The Morgan fingerprint density at radius 1 is 1.19 bits per heavy atom. The molecule has 0 aliphatic carbocycles. The number of aromatic nitrogens is 1. The largest absolute Gasteiger partial charge is 0.491 e. The Hall–Kier alpha value is -1.76. The van der Waals surface area contributed by atoms with Crippen molar-refractivity contribution in [2.24, 2.45) is 0 Å². The van der Waals surface area contributed by atoms with E-state index in [0.29, 0.717) is 17.5 Å². The van der Waals surface area contributed by atoms with Gasteiger partial charge < -0.3 is 9.47 Å². The van der Waals surface area contributed by atoms with Crippen LogP contribution in [0.1, 0.15) is 42.5 Å². The lowest BCUT2D eigenvalue weighted by Gasteiger charge is -2.39. The minimum absolute atomic E-state index is 0.272. The SMILES string of the molecule is COc1cc(CN2CCN(S)C(c3ccccc3C(C)C)C2)cnc1OC. The van der Waals surface area contributed by atoms with Crippen LogP contribution >= 0.6 is 12.8 Å². The van der Waals surface area contributed by atoms with Gasteiger partial charge in [-0.1, -0.05) is 50.9 Å². The Kier molecular flexibility index (Phi) is 6.63. The number of benzene rings is 1. The number of methoxy groups -OCH3 is 2. The molecule has 1 fully saturated rings. The van der Waals surface area contributed by atoms with Gasteiger partial charge >= 0.3 is 0 Å². The summed E-state index contributed by atoms with van der Waals surface area (Å²) < 4.78 is 12.8. The van der Waals surface area contributed by atoms with E-state index >= 15 is 0 Å². The van der Waals surface area contributed by atoms with Crippen LogP contribution in [0.3, 0.4) is 0 Å². The van der Waals surface area contributed by atoms with Gasteiger partial charge in [0.25, 0.3) is 5.88 Å². The third-order valence-electron chi connectivity index (χ3n) is 5.11. The molecule has 1 aliphatic heterocycles. The van der Waals surface area contributed by atoms with Crippen molar-refractivity contribution in [1.29, 1.82) is 0 Å². The second kappa shape index (κ2) is 8.95. The number of thiol groups is 1. The predicted molar refractivity (Wildman–Crippen MR) is 112 cm³/mol. The zero-order chi connectivity index (χ0) is 19.4. The zero-order valence-electron chi connectivity index (χ0n) is 16.6. The number of rotatable bonds is 6. The van der Waals surface area contributed by atoms with Crippen molar-refractivity contribution in [3.8, 4) is 11.6 Å². The first-order chi connectivity index (χ1) is 13.0. The van der Waals surface area contributed by atoms with Crippen molar-refractivity contribution < 1.29 is 9.47 Å². The summed E-state index contributed by atoms with van der Waals surface area (Å²) in [6.45, 7) is 8.14. The first-order valence-electron chi connectivity index (χ1n) is 9.37. The first kappa shape index (κ1) is 20.0. The number of piperazine rings is 1. The topological polar surface area (TPSA) is 37.8 Å². The van der Waals surface area contributed by atoms with Crippen LogP contribution < -0.4 is 9.47 Å². The van der Waals surface area contributed by atoms with E-state index in [4.69, 9.17) is 22.3 Å². The van der Waals surface area contributed by atoms with E-state index in [1.165, 1.54) is 11.1 Å². The molecule has 6 heteroatoms. The van der Waals surface area contributed by atoms with Crippen LogP contribution in [0, 0.1) is 0 Å². The second-order valence-electron chi connectivity index (χ2n) is 7.25. The van der Waals surface area contributed by atoms with Crippen LogP contribution in [0.2, 0.25) is 0 Å².